The lowest BCUT2D eigenvalue weighted by atomic mass is 10.2. The van der Waals surface area contributed by atoms with Gasteiger partial charge in [-0.25, -0.2) is 9.69 Å². The number of aryl methyl sites for hydroxylation is 1. The summed E-state index contributed by atoms with van der Waals surface area (Å²) in [6.07, 6.45) is 0. The summed E-state index contributed by atoms with van der Waals surface area (Å²) in [5.41, 5.74) is 1.71. The van der Waals surface area contributed by atoms with Gasteiger partial charge >= 0.3 is 6.03 Å². The molecular formula is C13H16N2O3. The number of carbonyl (C=O) groups is 2. The van der Waals surface area contributed by atoms with Crippen molar-refractivity contribution in [1.29, 1.82) is 0 Å². The Balaban J connectivity index is 2.16. The number of anilines is 1. The third-order valence-corrected chi connectivity index (χ3v) is 2.89. The van der Waals surface area contributed by atoms with E-state index in [1.165, 1.54) is 9.80 Å². The molecule has 0 N–H and O–H groups in total. The zero-order chi connectivity index (χ0) is 13.1. The van der Waals surface area contributed by atoms with Gasteiger partial charge in [-0.15, -0.1) is 0 Å². The highest BCUT2D eigenvalue weighted by Crippen LogP contribution is 2.21. The third kappa shape index (κ3) is 2.36. The Morgan fingerprint density at radius 1 is 1.22 bits per heavy atom. The molecular weight excluding hydrogens is 232 g/mol. The normalized spacial score (nSPS) is 15.7. The van der Waals surface area contributed by atoms with Gasteiger partial charge in [0.05, 0.1) is 12.3 Å². The van der Waals surface area contributed by atoms with E-state index in [4.69, 9.17) is 4.74 Å². The van der Waals surface area contributed by atoms with Crippen LogP contribution < -0.4 is 4.90 Å². The number of imide groups is 1. The van der Waals surface area contributed by atoms with Gasteiger partial charge in [-0.05, 0) is 19.1 Å². The van der Waals surface area contributed by atoms with Crippen molar-refractivity contribution in [3.63, 3.8) is 0 Å². The number of nitrogens with zero attached hydrogens (tertiary/aromatic N) is 2. The first-order chi connectivity index (χ1) is 8.63. The summed E-state index contributed by atoms with van der Waals surface area (Å²) in [7, 11) is 1.57. The summed E-state index contributed by atoms with van der Waals surface area (Å²) >= 11 is 0. The molecule has 0 radical (unpaired) electrons. The molecule has 0 aromatic heterocycles. The predicted molar refractivity (Wildman–Crippen MR) is 67.5 cm³/mol. The van der Waals surface area contributed by atoms with E-state index in [2.05, 4.69) is 0 Å². The number of ether oxygens (including phenoxy) is 1. The molecule has 0 bridgehead atoms. The Bertz CT molecular complexity index is 456. The molecule has 1 aromatic carbocycles. The minimum absolute atomic E-state index is 0.121. The highest BCUT2D eigenvalue weighted by atomic mass is 16.5. The summed E-state index contributed by atoms with van der Waals surface area (Å²) in [6, 6.07) is 7.05. The van der Waals surface area contributed by atoms with Crippen LogP contribution >= 0.6 is 0 Å². The van der Waals surface area contributed by atoms with E-state index in [0.29, 0.717) is 18.8 Å². The van der Waals surface area contributed by atoms with E-state index in [-0.39, 0.29) is 18.5 Å². The predicted octanol–water partition coefficient (Wildman–Crippen LogP) is 1.41. The van der Waals surface area contributed by atoms with Gasteiger partial charge < -0.3 is 9.64 Å². The van der Waals surface area contributed by atoms with E-state index in [0.717, 1.165) is 5.56 Å². The Labute approximate surface area is 106 Å². The van der Waals surface area contributed by atoms with Gasteiger partial charge in [0.1, 0.15) is 6.54 Å². The molecule has 0 atom stereocenters. The quantitative estimate of drug-likeness (QED) is 0.757. The molecule has 1 aromatic rings. The number of urea groups is 1. The lowest BCUT2D eigenvalue weighted by Crippen LogP contribution is -2.34. The molecule has 1 aliphatic rings. The number of amides is 3. The van der Waals surface area contributed by atoms with Crippen molar-refractivity contribution in [2.24, 2.45) is 0 Å². The zero-order valence-corrected chi connectivity index (χ0v) is 10.5. The monoisotopic (exact) mass is 248 g/mol. The number of hydrogen-bond donors (Lipinski definition) is 0. The summed E-state index contributed by atoms with van der Waals surface area (Å²) in [6.45, 7) is 2.95. The lowest BCUT2D eigenvalue weighted by Gasteiger charge is -2.16. The fourth-order valence-corrected chi connectivity index (χ4v) is 1.87. The second kappa shape index (κ2) is 5.18. The lowest BCUT2D eigenvalue weighted by molar-refractivity contribution is -0.116. The second-order valence-corrected chi connectivity index (χ2v) is 4.26. The van der Waals surface area contributed by atoms with Gasteiger partial charge in [0, 0.05) is 13.7 Å². The number of carbonyl (C=O) groups excluding carboxylic acids is 2. The number of methoxy groups -OCH3 is 1. The number of benzene rings is 1. The van der Waals surface area contributed by atoms with Crippen molar-refractivity contribution in [2.45, 2.75) is 6.92 Å². The van der Waals surface area contributed by atoms with Crippen LogP contribution in [0.15, 0.2) is 24.3 Å². The maximum atomic E-state index is 12.1. The molecule has 3 amide bonds. The molecule has 1 aliphatic heterocycles. The van der Waals surface area contributed by atoms with Crippen LogP contribution in [0.2, 0.25) is 0 Å². The first-order valence-corrected chi connectivity index (χ1v) is 5.81. The van der Waals surface area contributed by atoms with Crippen molar-refractivity contribution in [1.82, 2.24) is 4.90 Å². The van der Waals surface area contributed by atoms with Gasteiger partial charge in [0.15, 0.2) is 0 Å². The summed E-state index contributed by atoms with van der Waals surface area (Å²) in [5.74, 6) is -0.194. The molecule has 1 heterocycles. The average Bonchev–Trinajstić information content (AvgIpc) is 2.63. The molecule has 0 saturated carbocycles. The van der Waals surface area contributed by atoms with Crippen molar-refractivity contribution in [2.75, 3.05) is 31.7 Å². The smallest absolute Gasteiger partial charge is 0.331 e. The molecule has 1 fully saturated rings. The van der Waals surface area contributed by atoms with Crippen LogP contribution in [-0.4, -0.2) is 43.6 Å². The molecule has 0 spiro atoms. The minimum Gasteiger partial charge on any atom is -0.383 e. The third-order valence-electron chi connectivity index (χ3n) is 2.89. The summed E-state index contributed by atoms with van der Waals surface area (Å²) in [5, 5.41) is 0. The molecule has 0 aliphatic carbocycles. The topological polar surface area (TPSA) is 49.9 Å². The van der Waals surface area contributed by atoms with Gasteiger partial charge in [-0.2, -0.15) is 0 Å². The van der Waals surface area contributed by atoms with Crippen LogP contribution in [0.1, 0.15) is 5.56 Å². The molecule has 0 unspecified atom stereocenters. The van der Waals surface area contributed by atoms with Crippen LogP contribution in [-0.2, 0) is 9.53 Å². The molecule has 5 heteroatoms. The summed E-state index contributed by atoms with van der Waals surface area (Å²) < 4.78 is 4.92. The van der Waals surface area contributed by atoms with Crippen molar-refractivity contribution in [3.05, 3.63) is 29.8 Å². The molecule has 18 heavy (non-hydrogen) atoms. The first kappa shape index (κ1) is 12.6. The van der Waals surface area contributed by atoms with Crippen LogP contribution in [0.4, 0.5) is 10.5 Å². The number of hydrogen-bond acceptors (Lipinski definition) is 3. The first-order valence-electron chi connectivity index (χ1n) is 5.81. The summed E-state index contributed by atoms with van der Waals surface area (Å²) in [4.78, 5) is 26.7. The highest BCUT2D eigenvalue weighted by molar-refractivity contribution is 6.19. The van der Waals surface area contributed by atoms with Gasteiger partial charge in [-0.1, -0.05) is 17.7 Å². The average molecular weight is 248 g/mol. The standard InChI is InChI=1S/C13H16N2O3/c1-10-3-5-11(6-4-10)15-12(16)9-14(13(15)17)7-8-18-2/h3-6H,7-9H2,1-2H3. The largest absolute Gasteiger partial charge is 0.383 e. The second-order valence-electron chi connectivity index (χ2n) is 4.26. The minimum atomic E-state index is -0.277. The van der Waals surface area contributed by atoms with Crippen LogP contribution in [0.3, 0.4) is 0 Å². The van der Waals surface area contributed by atoms with E-state index in [9.17, 15) is 9.59 Å². The Morgan fingerprint density at radius 3 is 2.50 bits per heavy atom. The van der Waals surface area contributed by atoms with Gasteiger partial charge in [0.2, 0.25) is 0 Å². The van der Waals surface area contributed by atoms with E-state index in [1.54, 1.807) is 19.2 Å². The zero-order valence-electron chi connectivity index (χ0n) is 10.5. The van der Waals surface area contributed by atoms with Crippen molar-refractivity contribution >= 4 is 17.6 Å². The SMILES string of the molecule is COCCN1CC(=O)N(c2ccc(C)cc2)C1=O. The fraction of sp³-hybridized carbons (Fsp3) is 0.385. The van der Waals surface area contributed by atoms with E-state index in [1.807, 2.05) is 19.1 Å². The Kier molecular flexibility index (Phi) is 3.62. The van der Waals surface area contributed by atoms with Crippen molar-refractivity contribution < 1.29 is 14.3 Å². The van der Waals surface area contributed by atoms with Gasteiger partial charge in [-0.3, -0.25) is 4.79 Å². The molecule has 5 nitrogen and oxygen atoms in total. The molecule has 2 rings (SSSR count). The maximum absolute atomic E-state index is 12.1. The van der Waals surface area contributed by atoms with Crippen LogP contribution in [0.5, 0.6) is 0 Å². The van der Waals surface area contributed by atoms with E-state index >= 15 is 0 Å². The van der Waals surface area contributed by atoms with Crippen molar-refractivity contribution in [3.8, 4) is 0 Å². The Hall–Kier alpha value is -1.88. The molecule has 1 saturated heterocycles. The number of rotatable bonds is 4. The fourth-order valence-electron chi connectivity index (χ4n) is 1.87. The van der Waals surface area contributed by atoms with Crippen LogP contribution in [0.25, 0.3) is 0 Å². The van der Waals surface area contributed by atoms with Crippen LogP contribution in [0, 0.1) is 6.92 Å². The molecule has 96 valence electrons. The highest BCUT2D eigenvalue weighted by Gasteiger charge is 2.36. The maximum Gasteiger partial charge on any atom is 0.331 e. The Morgan fingerprint density at radius 2 is 1.89 bits per heavy atom. The van der Waals surface area contributed by atoms with Gasteiger partial charge in [0.25, 0.3) is 5.91 Å². The van der Waals surface area contributed by atoms with E-state index < -0.39 is 0 Å².